The fraction of sp³-hybridized carbons (Fsp3) is 0.100. The molecule has 0 aliphatic carbocycles. The number of rotatable bonds is 5. The number of aryl methyl sites for hydroxylation is 1. The number of hydrogen-bond acceptors (Lipinski definition) is 2. The van der Waals surface area contributed by atoms with Gasteiger partial charge in [0.25, 0.3) is 0 Å². The average molecular weight is 309 g/mol. The maximum atomic E-state index is 13.4. The molecule has 0 spiro atoms. The van der Waals surface area contributed by atoms with Crippen LogP contribution < -0.4 is 5.32 Å². The molecule has 0 saturated heterocycles. The van der Waals surface area contributed by atoms with Gasteiger partial charge < -0.3 is 10.4 Å². The Morgan fingerprint density at radius 3 is 2.57 bits per heavy atom. The van der Waals surface area contributed by atoms with E-state index in [9.17, 15) is 9.50 Å². The first-order valence-electron chi connectivity index (χ1n) is 7.27. The predicted molar refractivity (Wildman–Crippen MR) is 94.8 cm³/mol. The summed E-state index contributed by atoms with van der Waals surface area (Å²) in [4.78, 5) is 0. The van der Waals surface area contributed by atoms with Gasteiger partial charge in [-0.15, -0.1) is 0 Å². The number of halogens is 1. The SMILES string of the molecule is C=C/C(C(=C)Nc1ccc(C)c(O)c1)=C(\C)c1cccc(F)c1. The second-order valence-corrected chi connectivity index (χ2v) is 5.36. The number of hydrogen-bond donors (Lipinski definition) is 2. The molecule has 118 valence electrons. The maximum Gasteiger partial charge on any atom is 0.123 e. The summed E-state index contributed by atoms with van der Waals surface area (Å²) in [5.41, 5.74) is 4.59. The van der Waals surface area contributed by atoms with Crippen molar-refractivity contribution in [2.45, 2.75) is 13.8 Å². The first kappa shape index (κ1) is 16.6. The Kier molecular flexibility index (Phi) is 5.02. The summed E-state index contributed by atoms with van der Waals surface area (Å²) < 4.78 is 13.4. The standard InChI is InChI=1S/C20H20FNO/c1-5-19(14(3)16-7-6-8-17(21)11-16)15(4)22-18-10-9-13(2)20(23)12-18/h5-12,22-23H,1,4H2,2-3H3/b19-14-. The summed E-state index contributed by atoms with van der Waals surface area (Å²) in [7, 11) is 0. The highest BCUT2D eigenvalue weighted by Gasteiger charge is 2.08. The van der Waals surface area contributed by atoms with E-state index in [1.54, 1.807) is 18.2 Å². The number of phenolic OH excluding ortho intramolecular Hbond substituents is 1. The molecule has 0 aliphatic rings. The Hall–Kier alpha value is -2.81. The van der Waals surface area contributed by atoms with Crippen molar-refractivity contribution in [2.75, 3.05) is 5.32 Å². The Morgan fingerprint density at radius 1 is 1.22 bits per heavy atom. The van der Waals surface area contributed by atoms with Crippen LogP contribution >= 0.6 is 0 Å². The number of phenols is 1. The Bertz CT molecular complexity index is 790. The zero-order valence-corrected chi connectivity index (χ0v) is 13.4. The highest BCUT2D eigenvalue weighted by atomic mass is 19.1. The van der Waals surface area contributed by atoms with Crippen LogP contribution in [0.25, 0.3) is 5.57 Å². The van der Waals surface area contributed by atoms with Gasteiger partial charge in [0, 0.05) is 23.0 Å². The van der Waals surface area contributed by atoms with Gasteiger partial charge >= 0.3 is 0 Å². The average Bonchev–Trinajstić information content (AvgIpc) is 2.51. The molecule has 0 aromatic heterocycles. The monoisotopic (exact) mass is 309 g/mol. The molecule has 0 amide bonds. The van der Waals surface area contributed by atoms with Gasteiger partial charge in [-0.05, 0) is 48.7 Å². The molecule has 0 unspecified atom stereocenters. The molecule has 0 atom stereocenters. The van der Waals surface area contributed by atoms with E-state index in [4.69, 9.17) is 0 Å². The number of allylic oxidation sites excluding steroid dienone is 2. The van der Waals surface area contributed by atoms with Crippen LogP contribution in [0.4, 0.5) is 10.1 Å². The highest BCUT2D eigenvalue weighted by Crippen LogP contribution is 2.27. The molecular weight excluding hydrogens is 289 g/mol. The number of aromatic hydroxyl groups is 1. The molecule has 0 bridgehead atoms. The molecule has 2 nitrogen and oxygen atoms in total. The van der Waals surface area contributed by atoms with Crippen molar-refractivity contribution >= 4 is 11.3 Å². The van der Waals surface area contributed by atoms with E-state index in [0.29, 0.717) is 5.70 Å². The van der Waals surface area contributed by atoms with Gasteiger partial charge in [-0.3, -0.25) is 0 Å². The largest absolute Gasteiger partial charge is 0.508 e. The third-order valence-electron chi connectivity index (χ3n) is 3.70. The second-order valence-electron chi connectivity index (χ2n) is 5.36. The van der Waals surface area contributed by atoms with Crippen LogP contribution in [0.3, 0.4) is 0 Å². The molecule has 2 aromatic carbocycles. The minimum Gasteiger partial charge on any atom is -0.508 e. The fourth-order valence-corrected chi connectivity index (χ4v) is 2.31. The molecule has 0 saturated carbocycles. The molecule has 2 rings (SSSR count). The third-order valence-corrected chi connectivity index (χ3v) is 3.70. The lowest BCUT2D eigenvalue weighted by Crippen LogP contribution is -2.02. The van der Waals surface area contributed by atoms with E-state index < -0.39 is 0 Å². The van der Waals surface area contributed by atoms with E-state index in [2.05, 4.69) is 18.5 Å². The van der Waals surface area contributed by atoms with Gasteiger partial charge in [-0.25, -0.2) is 4.39 Å². The second kappa shape index (κ2) is 6.97. The van der Waals surface area contributed by atoms with Crippen LogP contribution in [0, 0.1) is 12.7 Å². The Balaban J connectivity index is 2.32. The molecular formula is C20H20FNO. The van der Waals surface area contributed by atoms with Crippen molar-refractivity contribution in [2.24, 2.45) is 0 Å². The highest BCUT2D eigenvalue weighted by molar-refractivity contribution is 5.75. The quantitative estimate of drug-likeness (QED) is 0.722. The minimum atomic E-state index is -0.285. The topological polar surface area (TPSA) is 32.3 Å². The van der Waals surface area contributed by atoms with Crippen molar-refractivity contribution in [1.29, 1.82) is 0 Å². The van der Waals surface area contributed by atoms with Gasteiger partial charge in [0.15, 0.2) is 0 Å². The number of anilines is 1. The molecule has 0 aliphatic heterocycles. The van der Waals surface area contributed by atoms with Gasteiger partial charge in [-0.2, -0.15) is 0 Å². The van der Waals surface area contributed by atoms with Crippen molar-refractivity contribution < 1.29 is 9.50 Å². The summed E-state index contributed by atoms with van der Waals surface area (Å²) in [6.45, 7) is 11.6. The van der Waals surface area contributed by atoms with Crippen LogP contribution in [0.15, 0.2) is 73.0 Å². The van der Waals surface area contributed by atoms with Gasteiger partial charge in [0.1, 0.15) is 11.6 Å². The van der Waals surface area contributed by atoms with E-state index in [1.165, 1.54) is 12.1 Å². The summed E-state index contributed by atoms with van der Waals surface area (Å²) in [6, 6.07) is 11.7. The Morgan fingerprint density at radius 2 is 1.96 bits per heavy atom. The van der Waals surface area contributed by atoms with Crippen molar-refractivity contribution in [3.05, 3.63) is 89.9 Å². The van der Waals surface area contributed by atoms with Crippen LogP contribution in [-0.4, -0.2) is 5.11 Å². The van der Waals surface area contributed by atoms with Crippen LogP contribution in [-0.2, 0) is 0 Å². The molecule has 0 radical (unpaired) electrons. The Labute approximate surface area is 136 Å². The molecule has 23 heavy (non-hydrogen) atoms. The van der Waals surface area contributed by atoms with Gasteiger partial charge in [0.2, 0.25) is 0 Å². The summed E-state index contributed by atoms with van der Waals surface area (Å²) >= 11 is 0. The lowest BCUT2D eigenvalue weighted by atomic mass is 9.99. The zero-order valence-electron chi connectivity index (χ0n) is 13.4. The van der Waals surface area contributed by atoms with E-state index in [0.717, 1.165) is 28.0 Å². The number of nitrogens with one attached hydrogen (secondary N) is 1. The lowest BCUT2D eigenvalue weighted by Gasteiger charge is -2.15. The third kappa shape index (κ3) is 3.89. The molecule has 2 aromatic rings. The van der Waals surface area contributed by atoms with Gasteiger partial charge in [0.05, 0.1) is 0 Å². The van der Waals surface area contributed by atoms with Crippen molar-refractivity contribution in [3.63, 3.8) is 0 Å². The first-order chi connectivity index (χ1) is 10.9. The maximum absolute atomic E-state index is 13.4. The minimum absolute atomic E-state index is 0.216. The smallest absolute Gasteiger partial charge is 0.123 e. The van der Waals surface area contributed by atoms with E-state index in [1.807, 2.05) is 32.0 Å². The fourth-order valence-electron chi connectivity index (χ4n) is 2.31. The first-order valence-corrected chi connectivity index (χ1v) is 7.27. The lowest BCUT2D eigenvalue weighted by molar-refractivity contribution is 0.471. The zero-order chi connectivity index (χ0) is 17.0. The summed E-state index contributed by atoms with van der Waals surface area (Å²) in [6.07, 6.45) is 1.68. The van der Waals surface area contributed by atoms with Crippen molar-refractivity contribution in [1.82, 2.24) is 0 Å². The predicted octanol–water partition coefficient (Wildman–Crippen LogP) is 5.43. The molecule has 0 fully saturated rings. The molecule has 2 N–H and O–H groups in total. The van der Waals surface area contributed by atoms with Crippen LogP contribution in [0.2, 0.25) is 0 Å². The van der Waals surface area contributed by atoms with E-state index in [-0.39, 0.29) is 11.6 Å². The van der Waals surface area contributed by atoms with Crippen LogP contribution in [0.1, 0.15) is 18.1 Å². The summed E-state index contributed by atoms with van der Waals surface area (Å²) in [5.74, 6) is -0.0684. The van der Waals surface area contributed by atoms with E-state index >= 15 is 0 Å². The molecule has 3 heteroatoms. The normalized spacial score (nSPS) is 11.6. The summed E-state index contributed by atoms with van der Waals surface area (Å²) in [5, 5.41) is 12.9. The van der Waals surface area contributed by atoms with Crippen LogP contribution in [0.5, 0.6) is 5.75 Å². The van der Waals surface area contributed by atoms with Gasteiger partial charge in [-0.1, -0.05) is 37.4 Å². The molecule has 0 heterocycles. The van der Waals surface area contributed by atoms with Crippen molar-refractivity contribution in [3.8, 4) is 5.75 Å². The number of benzene rings is 2.